The van der Waals surface area contributed by atoms with Crippen LogP contribution in [0.15, 0.2) is 95.0 Å². The van der Waals surface area contributed by atoms with Gasteiger partial charge in [0, 0.05) is 16.5 Å². The van der Waals surface area contributed by atoms with Gasteiger partial charge in [0.15, 0.2) is 0 Å². The molecule has 35 heavy (non-hydrogen) atoms. The molecule has 8 heteroatoms. The van der Waals surface area contributed by atoms with Crippen molar-refractivity contribution in [1.29, 1.82) is 0 Å². The van der Waals surface area contributed by atoms with Crippen LogP contribution in [-0.4, -0.2) is 46.8 Å². The predicted molar refractivity (Wildman–Crippen MR) is 137 cm³/mol. The van der Waals surface area contributed by atoms with Crippen LogP contribution in [-0.2, 0) is 4.79 Å². The monoisotopic (exact) mass is 488 g/mol. The van der Waals surface area contributed by atoms with Gasteiger partial charge in [-0.2, -0.15) is 5.10 Å². The minimum atomic E-state index is -0.964. The Morgan fingerprint density at radius 1 is 1.06 bits per heavy atom. The van der Waals surface area contributed by atoms with E-state index in [0.717, 1.165) is 16.8 Å². The number of carboxylic acids is 1. The SMILES string of the molecule is CC(CN=C(NC(=O)c1ccc(Cl)cc1)N1CC(c2ccccc2)C(c2ccccc2)=N1)C(=O)O. The predicted octanol–water partition coefficient (Wildman–Crippen LogP) is 4.65. The fraction of sp³-hybridized carbons (Fsp3) is 0.185. The first-order chi connectivity index (χ1) is 16.9. The third kappa shape index (κ3) is 5.94. The number of nitrogens with one attached hydrogen (secondary N) is 1. The van der Waals surface area contributed by atoms with E-state index in [1.54, 1.807) is 36.2 Å². The number of hydrazone groups is 1. The zero-order valence-corrected chi connectivity index (χ0v) is 19.9. The molecule has 1 heterocycles. The molecule has 3 aromatic rings. The molecule has 0 spiro atoms. The summed E-state index contributed by atoms with van der Waals surface area (Å²) < 4.78 is 0. The lowest BCUT2D eigenvalue weighted by Crippen LogP contribution is -2.42. The first-order valence-corrected chi connectivity index (χ1v) is 11.6. The third-order valence-corrected chi connectivity index (χ3v) is 5.95. The van der Waals surface area contributed by atoms with Crippen LogP contribution in [0, 0.1) is 5.92 Å². The molecule has 0 bridgehead atoms. The summed E-state index contributed by atoms with van der Waals surface area (Å²) in [6, 6.07) is 26.3. The summed E-state index contributed by atoms with van der Waals surface area (Å²) in [5, 5.41) is 19.1. The van der Waals surface area contributed by atoms with Crippen LogP contribution in [0.25, 0.3) is 0 Å². The molecule has 1 amide bonds. The van der Waals surface area contributed by atoms with Crippen LogP contribution < -0.4 is 5.32 Å². The second kappa shape index (κ2) is 11.0. The van der Waals surface area contributed by atoms with Gasteiger partial charge in [-0.15, -0.1) is 0 Å². The zero-order chi connectivity index (χ0) is 24.8. The molecule has 1 aliphatic heterocycles. The fourth-order valence-electron chi connectivity index (χ4n) is 3.71. The van der Waals surface area contributed by atoms with Gasteiger partial charge in [0.05, 0.1) is 24.7 Å². The maximum Gasteiger partial charge on any atom is 0.308 e. The molecule has 0 radical (unpaired) electrons. The fourth-order valence-corrected chi connectivity index (χ4v) is 3.84. The van der Waals surface area contributed by atoms with E-state index >= 15 is 0 Å². The van der Waals surface area contributed by atoms with Crippen molar-refractivity contribution in [2.24, 2.45) is 16.0 Å². The van der Waals surface area contributed by atoms with E-state index < -0.39 is 11.9 Å². The maximum absolute atomic E-state index is 13.0. The number of aliphatic carboxylic acids is 1. The van der Waals surface area contributed by atoms with Gasteiger partial charge in [-0.25, -0.2) is 5.01 Å². The van der Waals surface area contributed by atoms with E-state index in [2.05, 4.69) is 10.3 Å². The normalized spacial score (nSPS) is 16.5. The van der Waals surface area contributed by atoms with E-state index in [0.29, 0.717) is 17.1 Å². The smallest absolute Gasteiger partial charge is 0.308 e. The first-order valence-electron chi connectivity index (χ1n) is 11.2. The highest BCUT2D eigenvalue weighted by Gasteiger charge is 2.32. The van der Waals surface area contributed by atoms with Gasteiger partial charge < -0.3 is 5.11 Å². The molecule has 1 aliphatic rings. The van der Waals surface area contributed by atoms with Crippen LogP contribution in [0.1, 0.15) is 34.3 Å². The molecule has 0 fully saturated rings. The van der Waals surface area contributed by atoms with Crippen molar-refractivity contribution in [3.63, 3.8) is 0 Å². The quantitative estimate of drug-likeness (QED) is 0.390. The number of carbonyl (C=O) groups excluding carboxylic acids is 1. The van der Waals surface area contributed by atoms with Crippen molar-refractivity contribution in [1.82, 2.24) is 10.3 Å². The molecule has 2 unspecified atom stereocenters. The molecule has 0 saturated carbocycles. The first kappa shape index (κ1) is 24.2. The number of rotatable bonds is 6. The van der Waals surface area contributed by atoms with Gasteiger partial charge in [-0.1, -0.05) is 79.2 Å². The Kier molecular flexibility index (Phi) is 7.57. The number of nitrogens with zero attached hydrogens (tertiary/aromatic N) is 3. The van der Waals surface area contributed by atoms with Gasteiger partial charge >= 0.3 is 5.97 Å². The number of guanidine groups is 1. The number of amides is 1. The Hall–Kier alpha value is -3.97. The Morgan fingerprint density at radius 2 is 1.69 bits per heavy atom. The third-order valence-electron chi connectivity index (χ3n) is 5.70. The Morgan fingerprint density at radius 3 is 2.31 bits per heavy atom. The number of hydrogen-bond acceptors (Lipinski definition) is 4. The molecule has 0 aliphatic carbocycles. The molecular weight excluding hydrogens is 464 g/mol. The average molecular weight is 489 g/mol. The lowest BCUT2D eigenvalue weighted by atomic mass is 9.91. The van der Waals surface area contributed by atoms with Crippen LogP contribution in [0.4, 0.5) is 0 Å². The Balaban J connectivity index is 1.68. The van der Waals surface area contributed by atoms with Crippen LogP contribution >= 0.6 is 11.6 Å². The van der Waals surface area contributed by atoms with Crippen LogP contribution in [0.5, 0.6) is 0 Å². The Bertz CT molecular complexity index is 1240. The molecule has 7 nitrogen and oxygen atoms in total. The van der Waals surface area contributed by atoms with Crippen molar-refractivity contribution in [3.05, 3.63) is 107 Å². The second-order valence-corrected chi connectivity index (χ2v) is 8.70. The largest absolute Gasteiger partial charge is 0.481 e. The van der Waals surface area contributed by atoms with Gasteiger partial charge in [-0.3, -0.25) is 19.9 Å². The lowest BCUT2D eigenvalue weighted by molar-refractivity contribution is -0.140. The van der Waals surface area contributed by atoms with E-state index in [-0.39, 0.29) is 24.3 Å². The molecule has 2 atom stereocenters. The summed E-state index contributed by atoms with van der Waals surface area (Å²) in [5.41, 5.74) is 3.29. The summed E-state index contributed by atoms with van der Waals surface area (Å²) in [6.45, 7) is 2.00. The van der Waals surface area contributed by atoms with Crippen molar-refractivity contribution in [2.75, 3.05) is 13.1 Å². The summed E-state index contributed by atoms with van der Waals surface area (Å²) in [4.78, 5) is 28.8. The van der Waals surface area contributed by atoms with Crippen molar-refractivity contribution in [3.8, 4) is 0 Å². The molecule has 3 aromatic carbocycles. The molecule has 2 N–H and O–H groups in total. The highest BCUT2D eigenvalue weighted by Crippen LogP contribution is 2.29. The molecule has 0 aromatic heterocycles. The second-order valence-electron chi connectivity index (χ2n) is 8.26. The number of hydrogen-bond donors (Lipinski definition) is 2. The van der Waals surface area contributed by atoms with E-state index in [9.17, 15) is 14.7 Å². The van der Waals surface area contributed by atoms with Crippen LogP contribution in [0.2, 0.25) is 5.02 Å². The summed E-state index contributed by atoms with van der Waals surface area (Å²) >= 11 is 5.95. The average Bonchev–Trinajstić information content (AvgIpc) is 3.33. The van der Waals surface area contributed by atoms with E-state index in [4.69, 9.17) is 16.7 Å². The Labute approximate surface area is 208 Å². The summed E-state index contributed by atoms with van der Waals surface area (Å²) in [7, 11) is 0. The molecule has 0 saturated heterocycles. The number of carbonyl (C=O) groups is 2. The summed E-state index contributed by atoms with van der Waals surface area (Å²) in [6.07, 6.45) is 0. The zero-order valence-electron chi connectivity index (χ0n) is 19.1. The van der Waals surface area contributed by atoms with Crippen molar-refractivity contribution in [2.45, 2.75) is 12.8 Å². The number of halogens is 1. The maximum atomic E-state index is 13.0. The number of aliphatic imine (C=N–C) groups is 1. The van der Waals surface area contributed by atoms with E-state index in [1.165, 1.54) is 0 Å². The minimum Gasteiger partial charge on any atom is -0.481 e. The standard InChI is InChI=1S/C27H25ClN4O3/c1-18(26(34)35)16-29-27(30-25(33)21-12-14-22(28)15-13-21)32-17-23(19-8-4-2-5-9-19)24(31-32)20-10-6-3-7-11-20/h2-15,18,23H,16-17H2,1H3,(H,34,35)(H,29,30,33). The van der Waals surface area contributed by atoms with Gasteiger partial charge in [0.1, 0.15) is 0 Å². The van der Waals surface area contributed by atoms with Gasteiger partial charge in [-0.05, 0) is 35.4 Å². The number of carboxylic acid groups (broad SMARTS) is 1. The molecule has 4 rings (SSSR count). The van der Waals surface area contributed by atoms with Gasteiger partial charge in [0.2, 0.25) is 5.96 Å². The molecular formula is C27H25ClN4O3. The highest BCUT2D eigenvalue weighted by atomic mass is 35.5. The molecule has 178 valence electrons. The topological polar surface area (TPSA) is 94.4 Å². The van der Waals surface area contributed by atoms with Crippen LogP contribution in [0.3, 0.4) is 0 Å². The van der Waals surface area contributed by atoms with Crippen molar-refractivity contribution < 1.29 is 14.7 Å². The lowest BCUT2D eigenvalue weighted by Gasteiger charge is -2.19. The summed E-state index contributed by atoms with van der Waals surface area (Å²) in [5.74, 6) is -1.93. The number of benzene rings is 3. The minimum absolute atomic E-state index is 0.00570. The highest BCUT2D eigenvalue weighted by molar-refractivity contribution is 6.30. The van der Waals surface area contributed by atoms with Crippen molar-refractivity contribution >= 4 is 35.1 Å². The van der Waals surface area contributed by atoms with Gasteiger partial charge in [0.25, 0.3) is 5.91 Å². The van der Waals surface area contributed by atoms with E-state index in [1.807, 2.05) is 60.7 Å².